The first-order valence-corrected chi connectivity index (χ1v) is 9.60. The van der Waals surface area contributed by atoms with E-state index in [1.807, 2.05) is 0 Å². The Balaban J connectivity index is 1.67. The largest absolute Gasteiger partial charge is 0.389 e. The summed E-state index contributed by atoms with van der Waals surface area (Å²) in [7, 11) is 0. The summed E-state index contributed by atoms with van der Waals surface area (Å²) >= 11 is 0. The predicted molar refractivity (Wildman–Crippen MR) is 107 cm³/mol. The van der Waals surface area contributed by atoms with Gasteiger partial charge in [0.05, 0.1) is 17.5 Å². The van der Waals surface area contributed by atoms with Crippen LogP contribution in [0.2, 0.25) is 0 Å². The average Bonchev–Trinajstić information content (AvgIpc) is 2.79. The van der Waals surface area contributed by atoms with Gasteiger partial charge in [-0.1, -0.05) is 36.4 Å². The van der Waals surface area contributed by atoms with Crippen molar-refractivity contribution in [1.29, 1.82) is 0 Å². The summed E-state index contributed by atoms with van der Waals surface area (Å²) < 4.78 is 9.89. The third kappa shape index (κ3) is 5.82. The topological polar surface area (TPSA) is 102 Å². The highest BCUT2D eigenvalue weighted by Crippen LogP contribution is 2.13. The molecule has 0 aliphatic carbocycles. The molecule has 1 aliphatic heterocycles. The van der Waals surface area contributed by atoms with Crippen molar-refractivity contribution >= 4 is 23.9 Å². The minimum atomic E-state index is -1.03. The lowest BCUT2D eigenvalue weighted by molar-refractivity contribution is -0.151. The van der Waals surface area contributed by atoms with Crippen molar-refractivity contribution < 1.29 is 28.7 Å². The van der Waals surface area contributed by atoms with E-state index in [2.05, 4.69) is 5.32 Å². The van der Waals surface area contributed by atoms with E-state index < -0.39 is 36.3 Å². The summed E-state index contributed by atoms with van der Waals surface area (Å²) in [6.45, 7) is 2.21. The van der Waals surface area contributed by atoms with Crippen LogP contribution < -0.4 is 5.32 Å². The zero-order chi connectivity index (χ0) is 21.3. The zero-order valence-electron chi connectivity index (χ0n) is 16.3. The molecule has 30 heavy (non-hydrogen) atoms. The molecule has 1 unspecified atom stereocenters. The van der Waals surface area contributed by atoms with Gasteiger partial charge in [-0.3, -0.25) is 9.69 Å². The molecular formula is C22H22N2O6. The van der Waals surface area contributed by atoms with Gasteiger partial charge in [0, 0.05) is 26.2 Å². The number of carbonyl (C=O) groups excluding carboxylic acids is 4. The Morgan fingerprint density at radius 3 is 1.83 bits per heavy atom. The molecule has 0 amide bonds. The molecule has 0 radical (unpaired) electrons. The maximum absolute atomic E-state index is 12.7. The summed E-state index contributed by atoms with van der Waals surface area (Å²) in [4.78, 5) is 51.2. The van der Waals surface area contributed by atoms with E-state index in [9.17, 15) is 19.2 Å². The number of hydrogen-bond acceptors (Lipinski definition) is 8. The molecule has 1 saturated heterocycles. The fourth-order valence-electron chi connectivity index (χ4n) is 3.08. The average molecular weight is 410 g/mol. The van der Waals surface area contributed by atoms with Crippen LogP contribution in [0, 0.1) is 0 Å². The minimum Gasteiger partial charge on any atom is -0.389 e. The second-order valence-corrected chi connectivity index (χ2v) is 6.71. The Morgan fingerprint density at radius 2 is 1.30 bits per heavy atom. The smallest absolute Gasteiger partial charge is 0.345 e. The van der Waals surface area contributed by atoms with Crippen LogP contribution in [0.1, 0.15) is 27.1 Å². The van der Waals surface area contributed by atoms with E-state index in [0.717, 1.165) is 0 Å². The molecular weight excluding hydrogens is 388 g/mol. The minimum absolute atomic E-state index is 0.228. The van der Waals surface area contributed by atoms with Gasteiger partial charge < -0.3 is 14.8 Å². The van der Waals surface area contributed by atoms with Gasteiger partial charge in [0.1, 0.15) is 6.04 Å². The molecule has 0 saturated carbocycles. The molecule has 0 aromatic heterocycles. The number of nitrogens with zero attached hydrogens (tertiary/aromatic N) is 1. The molecule has 2 aromatic carbocycles. The third-order valence-electron chi connectivity index (χ3n) is 4.64. The zero-order valence-corrected chi connectivity index (χ0v) is 16.3. The van der Waals surface area contributed by atoms with Gasteiger partial charge in [0.2, 0.25) is 0 Å². The molecule has 156 valence electrons. The molecule has 3 rings (SSSR count). The molecule has 1 atom stereocenters. The first kappa shape index (κ1) is 21.4. The van der Waals surface area contributed by atoms with E-state index in [-0.39, 0.29) is 11.1 Å². The van der Waals surface area contributed by atoms with Crippen molar-refractivity contribution in [3.63, 3.8) is 0 Å². The Bertz CT molecular complexity index is 894. The van der Waals surface area contributed by atoms with Crippen LogP contribution in [0.3, 0.4) is 0 Å². The van der Waals surface area contributed by atoms with Crippen LogP contribution in [0.5, 0.6) is 0 Å². The molecule has 2 aromatic rings. The number of rotatable bonds is 6. The number of benzene rings is 2. The number of piperazine rings is 1. The van der Waals surface area contributed by atoms with Crippen LogP contribution in [-0.4, -0.2) is 61.0 Å². The first-order chi connectivity index (χ1) is 14.5. The predicted octanol–water partition coefficient (Wildman–Crippen LogP) is 1.42. The molecule has 1 N–H and O–H groups in total. The van der Waals surface area contributed by atoms with Gasteiger partial charge >= 0.3 is 23.9 Å². The Kier molecular flexibility index (Phi) is 7.42. The SMILES string of the molecule is O=C(CC(C(=O)OC(=O)c1ccccc1)N1CCNCC1)OC(=O)c1ccccc1. The first-order valence-electron chi connectivity index (χ1n) is 9.60. The molecule has 1 aliphatic rings. The van der Waals surface area contributed by atoms with Crippen LogP contribution in [0.15, 0.2) is 60.7 Å². The van der Waals surface area contributed by atoms with E-state index in [1.54, 1.807) is 41.3 Å². The highest BCUT2D eigenvalue weighted by Gasteiger charge is 2.33. The van der Waals surface area contributed by atoms with E-state index >= 15 is 0 Å². The summed E-state index contributed by atoms with van der Waals surface area (Å²) in [5, 5.41) is 3.15. The van der Waals surface area contributed by atoms with E-state index in [4.69, 9.17) is 9.47 Å². The second kappa shape index (κ2) is 10.4. The van der Waals surface area contributed by atoms with Gasteiger partial charge in [-0.15, -0.1) is 0 Å². The molecule has 1 fully saturated rings. The summed E-state index contributed by atoms with van der Waals surface area (Å²) in [6.07, 6.45) is -0.403. The van der Waals surface area contributed by atoms with Crippen LogP contribution in [0.4, 0.5) is 0 Å². The fourth-order valence-corrected chi connectivity index (χ4v) is 3.08. The lowest BCUT2D eigenvalue weighted by atomic mass is 10.1. The number of esters is 4. The maximum Gasteiger partial charge on any atom is 0.345 e. The highest BCUT2D eigenvalue weighted by atomic mass is 16.6. The van der Waals surface area contributed by atoms with Gasteiger partial charge in [0.15, 0.2) is 0 Å². The Morgan fingerprint density at radius 1 is 0.800 bits per heavy atom. The monoisotopic (exact) mass is 410 g/mol. The van der Waals surface area contributed by atoms with Gasteiger partial charge in [-0.25, -0.2) is 14.4 Å². The summed E-state index contributed by atoms with van der Waals surface area (Å²) in [5.41, 5.74) is 0.457. The summed E-state index contributed by atoms with van der Waals surface area (Å²) in [6, 6.07) is 15.2. The number of nitrogens with one attached hydrogen (secondary N) is 1. The normalized spacial score (nSPS) is 15.1. The van der Waals surface area contributed by atoms with Crippen molar-refractivity contribution in [2.75, 3.05) is 26.2 Å². The Hall–Kier alpha value is -3.36. The van der Waals surface area contributed by atoms with Crippen LogP contribution >= 0.6 is 0 Å². The molecule has 8 nitrogen and oxygen atoms in total. The number of carbonyl (C=O) groups is 4. The molecule has 8 heteroatoms. The third-order valence-corrected chi connectivity index (χ3v) is 4.64. The highest BCUT2D eigenvalue weighted by molar-refractivity contribution is 6.00. The van der Waals surface area contributed by atoms with Gasteiger partial charge in [0.25, 0.3) is 0 Å². The van der Waals surface area contributed by atoms with Gasteiger partial charge in [-0.2, -0.15) is 0 Å². The fraction of sp³-hybridized carbons (Fsp3) is 0.273. The molecule has 0 spiro atoms. The van der Waals surface area contributed by atoms with Gasteiger partial charge in [-0.05, 0) is 24.3 Å². The quantitative estimate of drug-likeness (QED) is 0.564. The van der Waals surface area contributed by atoms with Crippen molar-refractivity contribution in [1.82, 2.24) is 10.2 Å². The summed E-state index contributed by atoms with van der Waals surface area (Å²) in [5.74, 6) is -3.31. The lowest BCUT2D eigenvalue weighted by Crippen LogP contribution is -2.52. The van der Waals surface area contributed by atoms with Crippen molar-refractivity contribution in [3.05, 3.63) is 71.8 Å². The van der Waals surface area contributed by atoms with Crippen molar-refractivity contribution in [2.24, 2.45) is 0 Å². The second-order valence-electron chi connectivity index (χ2n) is 6.71. The molecule has 0 bridgehead atoms. The number of hydrogen-bond donors (Lipinski definition) is 1. The Labute approximate surface area is 173 Å². The van der Waals surface area contributed by atoms with E-state index in [0.29, 0.717) is 26.2 Å². The maximum atomic E-state index is 12.7. The van der Waals surface area contributed by atoms with E-state index in [1.165, 1.54) is 24.3 Å². The van der Waals surface area contributed by atoms with Crippen LogP contribution in [-0.2, 0) is 19.1 Å². The molecule has 1 heterocycles. The van der Waals surface area contributed by atoms with Crippen molar-refractivity contribution in [3.8, 4) is 0 Å². The van der Waals surface area contributed by atoms with Crippen molar-refractivity contribution in [2.45, 2.75) is 12.5 Å². The lowest BCUT2D eigenvalue weighted by Gasteiger charge is -2.32. The van der Waals surface area contributed by atoms with Crippen LogP contribution in [0.25, 0.3) is 0 Å². The number of ether oxygens (including phenoxy) is 2. The standard InChI is InChI=1S/C22H22N2O6/c25-19(29-20(26)16-7-3-1-4-8-16)15-18(24-13-11-23-12-14-24)22(28)30-21(27)17-9-5-2-6-10-17/h1-10,18,23H,11-15H2.